The van der Waals surface area contributed by atoms with Gasteiger partial charge in [-0.05, 0) is 25.1 Å². The molecule has 0 saturated carbocycles. The van der Waals surface area contributed by atoms with E-state index < -0.39 is 35.1 Å². The van der Waals surface area contributed by atoms with E-state index in [0.29, 0.717) is 18.0 Å². The van der Waals surface area contributed by atoms with Gasteiger partial charge in [0.25, 0.3) is 5.91 Å². The number of halogens is 4. The van der Waals surface area contributed by atoms with Gasteiger partial charge in [-0.2, -0.15) is 18.2 Å². The lowest BCUT2D eigenvalue weighted by molar-refractivity contribution is -0.137. The number of rotatable bonds is 5. The fourth-order valence-electron chi connectivity index (χ4n) is 2.55. The zero-order chi connectivity index (χ0) is 20.3. The van der Waals surface area contributed by atoms with Crippen molar-refractivity contribution in [3.8, 4) is 11.4 Å². The van der Waals surface area contributed by atoms with Gasteiger partial charge in [-0.3, -0.25) is 4.79 Å². The van der Waals surface area contributed by atoms with Crippen LogP contribution in [-0.4, -0.2) is 22.1 Å². The summed E-state index contributed by atoms with van der Waals surface area (Å²) < 4.78 is 56.9. The molecule has 0 fully saturated rings. The van der Waals surface area contributed by atoms with Crippen molar-refractivity contribution >= 4 is 5.91 Å². The standard InChI is InChI=1S/C19H15F4N3O2/c1-11(7-16-25-17(26-28-16)12-5-3-2-4-6-12)24-18(27)13-8-14(19(21,22)23)10-15(20)9-13/h2-6,8-11H,7H2,1H3,(H,24,27). The van der Waals surface area contributed by atoms with Crippen molar-refractivity contribution < 1.29 is 26.9 Å². The number of alkyl halides is 3. The van der Waals surface area contributed by atoms with Crippen molar-refractivity contribution in [2.24, 2.45) is 0 Å². The summed E-state index contributed by atoms with van der Waals surface area (Å²) in [6, 6.07) is 10.3. The average molecular weight is 393 g/mol. The molecule has 1 atom stereocenters. The molecule has 0 bridgehead atoms. The molecule has 0 spiro atoms. The fourth-order valence-corrected chi connectivity index (χ4v) is 2.55. The molecule has 5 nitrogen and oxygen atoms in total. The first-order valence-corrected chi connectivity index (χ1v) is 8.29. The SMILES string of the molecule is CC(Cc1nc(-c2ccccc2)no1)NC(=O)c1cc(F)cc(C(F)(F)F)c1. The summed E-state index contributed by atoms with van der Waals surface area (Å²) in [6.07, 6.45) is -4.59. The quantitative estimate of drug-likeness (QED) is 0.658. The van der Waals surface area contributed by atoms with Crippen LogP contribution in [0.1, 0.15) is 28.7 Å². The summed E-state index contributed by atoms with van der Waals surface area (Å²) in [7, 11) is 0. The lowest BCUT2D eigenvalue weighted by Gasteiger charge is -2.13. The molecule has 1 amide bonds. The fraction of sp³-hybridized carbons (Fsp3) is 0.211. The third-order valence-electron chi connectivity index (χ3n) is 3.85. The highest BCUT2D eigenvalue weighted by Gasteiger charge is 2.32. The van der Waals surface area contributed by atoms with E-state index in [0.717, 1.165) is 11.6 Å². The van der Waals surface area contributed by atoms with Crippen LogP contribution in [0.15, 0.2) is 53.1 Å². The summed E-state index contributed by atoms with van der Waals surface area (Å²) in [6.45, 7) is 1.62. The number of hydrogen-bond acceptors (Lipinski definition) is 4. The highest BCUT2D eigenvalue weighted by molar-refractivity contribution is 5.94. The Bertz CT molecular complexity index is 971. The number of amides is 1. The molecule has 28 heavy (non-hydrogen) atoms. The third-order valence-corrected chi connectivity index (χ3v) is 3.85. The second-order valence-electron chi connectivity index (χ2n) is 6.18. The van der Waals surface area contributed by atoms with Crippen LogP contribution in [0.3, 0.4) is 0 Å². The van der Waals surface area contributed by atoms with Gasteiger partial charge in [-0.1, -0.05) is 35.5 Å². The van der Waals surface area contributed by atoms with Crippen molar-refractivity contribution in [1.29, 1.82) is 0 Å². The van der Waals surface area contributed by atoms with Gasteiger partial charge in [-0.25, -0.2) is 4.39 Å². The Morgan fingerprint density at radius 1 is 1.18 bits per heavy atom. The zero-order valence-corrected chi connectivity index (χ0v) is 14.6. The first kappa shape index (κ1) is 19.5. The first-order chi connectivity index (χ1) is 13.2. The van der Waals surface area contributed by atoms with Crippen LogP contribution < -0.4 is 5.32 Å². The van der Waals surface area contributed by atoms with E-state index in [2.05, 4.69) is 15.5 Å². The van der Waals surface area contributed by atoms with Gasteiger partial charge in [0.2, 0.25) is 11.7 Å². The van der Waals surface area contributed by atoms with Crippen LogP contribution in [0.2, 0.25) is 0 Å². The van der Waals surface area contributed by atoms with Crippen molar-refractivity contribution in [2.75, 3.05) is 0 Å². The van der Waals surface area contributed by atoms with Gasteiger partial charge >= 0.3 is 6.18 Å². The molecule has 3 rings (SSSR count). The molecule has 0 radical (unpaired) electrons. The summed E-state index contributed by atoms with van der Waals surface area (Å²) in [5.41, 5.74) is -0.891. The Balaban J connectivity index is 1.67. The van der Waals surface area contributed by atoms with Crippen LogP contribution in [-0.2, 0) is 12.6 Å². The maximum atomic E-state index is 13.5. The molecule has 1 aromatic heterocycles. The minimum atomic E-state index is -4.75. The van der Waals surface area contributed by atoms with Gasteiger partial charge in [0.1, 0.15) is 5.82 Å². The smallest absolute Gasteiger partial charge is 0.349 e. The van der Waals surface area contributed by atoms with Gasteiger partial charge in [0, 0.05) is 23.6 Å². The molecule has 1 N–H and O–H groups in total. The number of carbonyl (C=O) groups excluding carboxylic acids is 1. The van der Waals surface area contributed by atoms with Gasteiger partial charge in [0.15, 0.2) is 0 Å². The Morgan fingerprint density at radius 2 is 1.89 bits per heavy atom. The topological polar surface area (TPSA) is 68.0 Å². The largest absolute Gasteiger partial charge is 0.416 e. The Morgan fingerprint density at radius 3 is 2.57 bits per heavy atom. The number of aromatic nitrogens is 2. The summed E-state index contributed by atoms with van der Waals surface area (Å²) in [4.78, 5) is 16.4. The first-order valence-electron chi connectivity index (χ1n) is 8.29. The van der Waals surface area contributed by atoms with E-state index in [1.54, 1.807) is 6.92 Å². The minimum absolute atomic E-state index is 0.160. The average Bonchev–Trinajstić information content (AvgIpc) is 3.09. The number of hydrogen-bond donors (Lipinski definition) is 1. The monoisotopic (exact) mass is 393 g/mol. The second kappa shape index (κ2) is 7.79. The van der Waals surface area contributed by atoms with E-state index in [1.807, 2.05) is 30.3 Å². The number of benzene rings is 2. The number of nitrogens with zero attached hydrogens (tertiary/aromatic N) is 2. The van der Waals surface area contributed by atoms with Gasteiger partial charge in [-0.15, -0.1) is 0 Å². The van der Waals surface area contributed by atoms with Gasteiger partial charge < -0.3 is 9.84 Å². The van der Waals surface area contributed by atoms with Crippen molar-refractivity contribution in [1.82, 2.24) is 15.5 Å². The second-order valence-corrected chi connectivity index (χ2v) is 6.18. The molecule has 0 aliphatic carbocycles. The maximum absolute atomic E-state index is 13.5. The Hall–Kier alpha value is -3.23. The molecule has 0 saturated heterocycles. The zero-order valence-electron chi connectivity index (χ0n) is 14.6. The maximum Gasteiger partial charge on any atom is 0.416 e. The van der Waals surface area contributed by atoms with Crippen LogP contribution in [0.4, 0.5) is 17.6 Å². The van der Waals surface area contributed by atoms with E-state index in [1.165, 1.54) is 0 Å². The van der Waals surface area contributed by atoms with Gasteiger partial charge in [0.05, 0.1) is 5.56 Å². The predicted molar refractivity (Wildman–Crippen MR) is 91.8 cm³/mol. The molecule has 146 valence electrons. The van der Waals surface area contributed by atoms with Crippen LogP contribution in [0.25, 0.3) is 11.4 Å². The molecular formula is C19H15F4N3O2. The molecule has 0 aliphatic heterocycles. The van der Waals surface area contributed by atoms with Crippen molar-refractivity contribution in [3.63, 3.8) is 0 Å². The number of carbonyl (C=O) groups is 1. The highest BCUT2D eigenvalue weighted by Crippen LogP contribution is 2.30. The Kier molecular flexibility index (Phi) is 5.43. The van der Waals surface area contributed by atoms with Crippen LogP contribution >= 0.6 is 0 Å². The van der Waals surface area contributed by atoms with E-state index in [-0.39, 0.29) is 12.3 Å². The van der Waals surface area contributed by atoms with Crippen LogP contribution in [0.5, 0.6) is 0 Å². The normalized spacial score (nSPS) is 12.6. The molecule has 3 aromatic rings. The van der Waals surface area contributed by atoms with E-state index in [9.17, 15) is 22.4 Å². The lowest BCUT2D eigenvalue weighted by atomic mass is 10.1. The lowest BCUT2D eigenvalue weighted by Crippen LogP contribution is -2.34. The summed E-state index contributed by atoms with van der Waals surface area (Å²) in [5.74, 6) is -1.34. The van der Waals surface area contributed by atoms with E-state index >= 15 is 0 Å². The predicted octanol–water partition coefficient (Wildman–Crippen LogP) is 4.26. The minimum Gasteiger partial charge on any atom is -0.349 e. The summed E-state index contributed by atoms with van der Waals surface area (Å²) >= 11 is 0. The van der Waals surface area contributed by atoms with Crippen LogP contribution in [0, 0.1) is 5.82 Å². The molecule has 1 unspecified atom stereocenters. The molecule has 1 heterocycles. The summed E-state index contributed by atoms with van der Waals surface area (Å²) in [5, 5.41) is 6.35. The van der Waals surface area contributed by atoms with E-state index in [4.69, 9.17) is 4.52 Å². The molecule has 9 heteroatoms. The van der Waals surface area contributed by atoms with Crippen molar-refractivity contribution in [3.05, 3.63) is 71.4 Å². The Labute approximate surface area is 157 Å². The van der Waals surface area contributed by atoms with Crippen molar-refractivity contribution in [2.45, 2.75) is 25.6 Å². The number of nitrogens with one attached hydrogen (secondary N) is 1. The molecular weight excluding hydrogens is 378 g/mol. The third kappa shape index (κ3) is 4.73. The highest BCUT2D eigenvalue weighted by atomic mass is 19.4. The molecule has 2 aromatic carbocycles. The molecule has 0 aliphatic rings.